The fraction of sp³-hybridized carbons (Fsp3) is 0.591. The Morgan fingerprint density at radius 3 is 2.20 bits per heavy atom. The largest absolute Gasteiger partial charge is 0.378 e. The maximum atomic E-state index is 12.5. The van der Waals surface area contributed by atoms with E-state index in [0.717, 1.165) is 37.2 Å². The van der Waals surface area contributed by atoms with Crippen molar-refractivity contribution in [3.05, 3.63) is 29.8 Å². The van der Waals surface area contributed by atoms with Gasteiger partial charge in [0.2, 0.25) is 5.91 Å². The van der Waals surface area contributed by atoms with E-state index in [4.69, 9.17) is 5.73 Å². The van der Waals surface area contributed by atoms with Crippen molar-refractivity contribution >= 4 is 23.4 Å². The lowest BCUT2D eigenvalue weighted by molar-refractivity contribution is -0.147. The number of hydrogen-bond donors (Lipinski definition) is 2. The van der Waals surface area contributed by atoms with Crippen molar-refractivity contribution in [2.24, 2.45) is 11.7 Å². The third-order valence-electron chi connectivity index (χ3n) is 6.21. The van der Waals surface area contributed by atoms with Gasteiger partial charge in [-0.15, -0.1) is 0 Å². The molecule has 164 valence electrons. The van der Waals surface area contributed by atoms with Gasteiger partial charge >= 0.3 is 11.8 Å². The maximum absolute atomic E-state index is 12.5. The number of carbonyl (C=O) groups is 3. The van der Waals surface area contributed by atoms with E-state index in [1.807, 2.05) is 14.1 Å². The van der Waals surface area contributed by atoms with Crippen LogP contribution in [0.2, 0.25) is 0 Å². The molecule has 0 radical (unpaired) electrons. The van der Waals surface area contributed by atoms with Crippen molar-refractivity contribution in [3.63, 3.8) is 0 Å². The average Bonchev–Trinajstić information content (AvgIpc) is 3.28. The molecule has 0 bridgehead atoms. The zero-order valence-corrected chi connectivity index (χ0v) is 18.0. The number of nitrogens with two attached hydrogens (primary N) is 1. The molecular weight excluding hydrogens is 382 g/mol. The molecule has 0 spiro atoms. The van der Waals surface area contributed by atoms with Crippen LogP contribution in [-0.2, 0) is 14.4 Å². The lowest BCUT2D eigenvalue weighted by Crippen LogP contribution is -2.49. The molecule has 2 aliphatic rings. The third-order valence-corrected chi connectivity index (χ3v) is 6.21. The van der Waals surface area contributed by atoms with Crippen molar-refractivity contribution in [2.75, 3.05) is 51.7 Å². The summed E-state index contributed by atoms with van der Waals surface area (Å²) in [6.07, 6.45) is 3.33. The first-order chi connectivity index (χ1) is 14.4. The van der Waals surface area contributed by atoms with Gasteiger partial charge in [-0.3, -0.25) is 19.3 Å². The Morgan fingerprint density at radius 1 is 1.07 bits per heavy atom. The van der Waals surface area contributed by atoms with Gasteiger partial charge in [-0.05, 0) is 56.5 Å². The molecule has 3 N–H and O–H groups in total. The number of anilines is 1. The maximum Gasteiger partial charge on any atom is 0.311 e. The quantitative estimate of drug-likeness (QED) is 0.668. The summed E-state index contributed by atoms with van der Waals surface area (Å²) in [7, 11) is 4.01. The van der Waals surface area contributed by atoms with Crippen LogP contribution >= 0.6 is 0 Å². The highest BCUT2D eigenvalue weighted by atomic mass is 16.2. The molecule has 8 nitrogen and oxygen atoms in total. The van der Waals surface area contributed by atoms with E-state index >= 15 is 0 Å². The summed E-state index contributed by atoms with van der Waals surface area (Å²) in [5.74, 6) is -1.65. The second kappa shape index (κ2) is 9.93. The van der Waals surface area contributed by atoms with E-state index in [0.29, 0.717) is 32.5 Å². The molecule has 3 rings (SSSR count). The molecule has 1 aromatic rings. The number of nitrogens with zero attached hydrogens (tertiary/aromatic N) is 3. The van der Waals surface area contributed by atoms with Crippen LogP contribution in [0.25, 0.3) is 0 Å². The number of nitrogens with one attached hydrogen (secondary N) is 1. The van der Waals surface area contributed by atoms with E-state index in [9.17, 15) is 14.4 Å². The predicted octanol–water partition coefficient (Wildman–Crippen LogP) is 0.730. The fourth-order valence-corrected chi connectivity index (χ4v) is 4.28. The molecule has 0 aromatic heterocycles. The Labute approximate surface area is 178 Å². The van der Waals surface area contributed by atoms with Crippen LogP contribution < -0.4 is 16.0 Å². The molecule has 0 aliphatic carbocycles. The zero-order chi connectivity index (χ0) is 21.7. The van der Waals surface area contributed by atoms with Gasteiger partial charge in [0.05, 0.1) is 6.04 Å². The molecule has 30 heavy (non-hydrogen) atoms. The van der Waals surface area contributed by atoms with Crippen LogP contribution in [0.3, 0.4) is 0 Å². The predicted molar refractivity (Wildman–Crippen MR) is 116 cm³/mol. The monoisotopic (exact) mass is 415 g/mol. The molecule has 8 heteroatoms. The lowest BCUT2D eigenvalue weighted by atomic mass is 9.96. The molecule has 2 heterocycles. The first-order valence-electron chi connectivity index (χ1n) is 10.7. The summed E-state index contributed by atoms with van der Waals surface area (Å²) in [6, 6.07) is 8.39. The number of rotatable bonds is 6. The Kier molecular flexibility index (Phi) is 7.31. The van der Waals surface area contributed by atoms with Gasteiger partial charge in [-0.1, -0.05) is 12.1 Å². The van der Waals surface area contributed by atoms with E-state index in [2.05, 4.69) is 39.4 Å². The highest BCUT2D eigenvalue weighted by Crippen LogP contribution is 2.26. The van der Waals surface area contributed by atoms with Crippen LogP contribution in [0.1, 0.15) is 37.3 Å². The van der Waals surface area contributed by atoms with Gasteiger partial charge in [0.15, 0.2) is 0 Å². The highest BCUT2D eigenvalue weighted by molar-refractivity contribution is 6.35. The number of benzene rings is 1. The molecule has 2 aliphatic heterocycles. The second-order valence-corrected chi connectivity index (χ2v) is 8.42. The van der Waals surface area contributed by atoms with Crippen LogP contribution in [0.4, 0.5) is 5.69 Å². The Hall–Kier alpha value is -2.61. The summed E-state index contributed by atoms with van der Waals surface area (Å²) in [4.78, 5) is 42.3. The van der Waals surface area contributed by atoms with Crippen molar-refractivity contribution < 1.29 is 14.4 Å². The number of likely N-dealkylation sites (tertiary alicyclic amines) is 2. The van der Waals surface area contributed by atoms with Gasteiger partial charge in [-0.25, -0.2) is 0 Å². The first-order valence-corrected chi connectivity index (χ1v) is 10.7. The van der Waals surface area contributed by atoms with Crippen molar-refractivity contribution in [1.82, 2.24) is 15.1 Å². The minimum atomic E-state index is -0.582. The molecule has 0 saturated carbocycles. The lowest BCUT2D eigenvalue weighted by Gasteiger charge is -2.31. The Balaban J connectivity index is 1.60. The van der Waals surface area contributed by atoms with Crippen LogP contribution in [0.15, 0.2) is 24.3 Å². The summed E-state index contributed by atoms with van der Waals surface area (Å²) in [5, 5.41) is 2.85. The molecule has 3 amide bonds. The molecule has 1 aromatic carbocycles. The standard InChI is InChI=1S/C22H33N5O3/c1-25(2)18-7-5-16(6-8-18)19(26-11-3-4-12-26)15-24-21(29)22(30)27-13-9-17(10-14-27)20(23)28/h5-8,17,19H,3-4,9-15H2,1-2H3,(H2,23,28)(H,24,29)/t19-/m1/s1. The zero-order valence-electron chi connectivity index (χ0n) is 18.0. The van der Waals surface area contributed by atoms with Gasteiger partial charge in [0, 0.05) is 45.3 Å². The SMILES string of the molecule is CN(C)c1ccc([C@@H](CNC(=O)C(=O)N2CCC(C(N)=O)CC2)N2CCCC2)cc1. The van der Waals surface area contributed by atoms with E-state index in [-0.39, 0.29) is 17.9 Å². The number of hydrogen-bond acceptors (Lipinski definition) is 5. The minimum Gasteiger partial charge on any atom is -0.378 e. The number of piperidine rings is 1. The van der Waals surface area contributed by atoms with Gasteiger partial charge in [-0.2, -0.15) is 0 Å². The van der Waals surface area contributed by atoms with Gasteiger partial charge < -0.3 is 20.9 Å². The molecule has 2 fully saturated rings. The highest BCUT2D eigenvalue weighted by Gasteiger charge is 2.30. The molecule has 2 saturated heterocycles. The third kappa shape index (κ3) is 5.30. The number of primary amides is 1. The van der Waals surface area contributed by atoms with E-state index in [1.165, 1.54) is 4.90 Å². The van der Waals surface area contributed by atoms with E-state index < -0.39 is 11.8 Å². The molecule has 1 atom stereocenters. The van der Waals surface area contributed by atoms with Crippen LogP contribution in [-0.4, -0.2) is 74.3 Å². The summed E-state index contributed by atoms with van der Waals surface area (Å²) in [6.45, 7) is 3.15. The normalized spacial score (nSPS) is 18.8. The summed E-state index contributed by atoms with van der Waals surface area (Å²) in [5.41, 5.74) is 7.60. The van der Waals surface area contributed by atoms with Gasteiger partial charge in [0.1, 0.15) is 0 Å². The summed E-state index contributed by atoms with van der Waals surface area (Å²) < 4.78 is 0. The molecular formula is C22H33N5O3. The number of carbonyl (C=O) groups excluding carboxylic acids is 3. The Bertz CT molecular complexity index is 751. The smallest absolute Gasteiger partial charge is 0.311 e. The summed E-state index contributed by atoms with van der Waals surface area (Å²) >= 11 is 0. The minimum absolute atomic E-state index is 0.0426. The second-order valence-electron chi connectivity index (χ2n) is 8.42. The van der Waals surface area contributed by atoms with Crippen molar-refractivity contribution in [1.29, 1.82) is 0 Å². The fourth-order valence-electron chi connectivity index (χ4n) is 4.28. The van der Waals surface area contributed by atoms with Crippen LogP contribution in [0, 0.1) is 5.92 Å². The van der Waals surface area contributed by atoms with Crippen molar-refractivity contribution in [3.8, 4) is 0 Å². The molecule has 0 unspecified atom stereocenters. The number of amides is 3. The van der Waals surface area contributed by atoms with Gasteiger partial charge in [0.25, 0.3) is 0 Å². The average molecular weight is 416 g/mol. The topological polar surface area (TPSA) is 99.0 Å². The first kappa shape index (κ1) is 22.1. The van der Waals surface area contributed by atoms with Crippen molar-refractivity contribution in [2.45, 2.75) is 31.7 Å². The van der Waals surface area contributed by atoms with E-state index in [1.54, 1.807) is 0 Å². The Morgan fingerprint density at radius 2 is 1.67 bits per heavy atom. The van der Waals surface area contributed by atoms with Crippen LogP contribution in [0.5, 0.6) is 0 Å².